The predicted molar refractivity (Wildman–Crippen MR) is 126 cm³/mol. The summed E-state index contributed by atoms with van der Waals surface area (Å²) in [5.41, 5.74) is -0.322. The molecule has 6 aliphatic rings. The lowest BCUT2D eigenvalue weighted by atomic mass is 9.44. The summed E-state index contributed by atoms with van der Waals surface area (Å²) in [6.07, 6.45) is 7.20. The lowest BCUT2D eigenvalue weighted by molar-refractivity contribution is -0.173. The highest BCUT2D eigenvalue weighted by molar-refractivity contribution is 5.97. The van der Waals surface area contributed by atoms with Crippen LogP contribution in [-0.4, -0.2) is 64.2 Å². The van der Waals surface area contributed by atoms with Gasteiger partial charge in [-0.2, -0.15) is 0 Å². The number of hydrogen-bond donors (Lipinski definition) is 3. The van der Waals surface area contributed by atoms with Gasteiger partial charge >= 0.3 is 5.97 Å². The fourth-order valence-corrected chi connectivity index (χ4v) is 9.61. The third-order valence-electron chi connectivity index (χ3n) is 11.6. The zero-order valence-corrected chi connectivity index (χ0v) is 20.9. The lowest BCUT2D eigenvalue weighted by Gasteiger charge is -2.59. The molecule has 7 heteroatoms. The summed E-state index contributed by atoms with van der Waals surface area (Å²) < 4.78 is 12.1. The van der Waals surface area contributed by atoms with Crippen molar-refractivity contribution in [2.45, 2.75) is 83.2 Å². The van der Waals surface area contributed by atoms with Gasteiger partial charge in [-0.1, -0.05) is 18.6 Å². The van der Waals surface area contributed by atoms with E-state index < -0.39 is 34.6 Å². The summed E-state index contributed by atoms with van der Waals surface area (Å²) in [7, 11) is 0. The predicted octanol–water partition coefficient (Wildman–Crippen LogP) is 2.33. The maximum absolute atomic E-state index is 13.3. The molecule has 1 saturated heterocycles. The molecule has 11 unspecified atom stereocenters. The zero-order valence-electron chi connectivity index (χ0n) is 20.9. The Kier molecular flexibility index (Phi) is 5.27. The number of carbonyl (C=O) groups is 2. The fraction of sp³-hybridized carbons (Fsp3) is 0.786. The molecule has 0 bridgehead atoms. The van der Waals surface area contributed by atoms with E-state index in [9.17, 15) is 24.9 Å². The smallest absolute Gasteiger partial charge is 0.336 e. The molecule has 35 heavy (non-hydrogen) atoms. The van der Waals surface area contributed by atoms with Crippen LogP contribution in [-0.2, 0) is 19.1 Å². The van der Waals surface area contributed by atoms with Crippen molar-refractivity contribution >= 4 is 11.8 Å². The molecular weight excluding hydrogens is 448 g/mol. The van der Waals surface area contributed by atoms with E-state index in [1.165, 1.54) is 0 Å². The van der Waals surface area contributed by atoms with Crippen LogP contribution in [0.3, 0.4) is 0 Å². The fourth-order valence-electron chi connectivity index (χ4n) is 9.61. The number of carbonyl (C=O) groups excluding carboxylic acids is 2. The molecule has 2 heterocycles. The second-order valence-corrected chi connectivity index (χ2v) is 12.5. The number of aliphatic hydroxyl groups is 3. The van der Waals surface area contributed by atoms with Gasteiger partial charge in [-0.05, 0) is 81.1 Å². The molecule has 3 saturated carbocycles. The summed E-state index contributed by atoms with van der Waals surface area (Å²) in [5.74, 6) is -0.0860. The van der Waals surface area contributed by atoms with Crippen molar-refractivity contribution in [2.24, 2.45) is 40.4 Å². The minimum absolute atomic E-state index is 0.00343. The first-order valence-corrected chi connectivity index (χ1v) is 13.3. The number of ketones is 1. The molecule has 2 aliphatic heterocycles. The second-order valence-electron chi connectivity index (χ2n) is 12.5. The molecule has 6 rings (SSSR count). The van der Waals surface area contributed by atoms with E-state index in [4.69, 9.17) is 9.47 Å². The van der Waals surface area contributed by atoms with E-state index in [1.807, 2.05) is 13.0 Å². The van der Waals surface area contributed by atoms with Crippen LogP contribution in [0.15, 0.2) is 23.3 Å². The van der Waals surface area contributed by atoms with Crippen LogP contribution < -0.4 is 0 Å². The molecule has 1 spiro atoms. The van der Waals surface area contributed by atoms with Crippen LogP contribution in [0.1, 0.15) is 59.3 Å². The van der Waals surface area contributed by atoms with Gasteiger partial charge in [0.1, 0.15) is 11.7 Å². The summed E-state index contributed by atoms with van der Waals surface area (Å²) in [5, 5.41) is 31.8. The molecule has 0 radical (unpaired) electrons. The molecular formula is C28H38O7. The van der Waals surface area contributed by atoms with Crippen molar-refractivity contribution in [3.8, 4) is 0 Å². The summed E-state index contributed by atoms with van der Waals surface area (Å²) in [6, 6.07) is 0. The molecule has 11 atom stereocenters. The van der Waals surface area contributed by atoms with Crippen molar-refractivity contribution in [1.82, 2.24) is 0 Å². The van der Waals surface area contributed by atoms with E-state index >= 15 is 0 Å². The Bertz CT molecular complexity index is 1020. The standard InChI is InChI=1S/C28H38O7/c1-14-9-21(34-25(33)16(14)12-29)17(13-30)19-7-6-18-15-10-24-28(35-24)8-4-5-22(31)27(28,3)20(15)11-23(32)26(18,19)2/h4-5,15,17-21,23-24,29-30,32H,6-13H2,1-3H3. The number of aliphatic hydroxyl groups excluding tert-OH is 3. The molecule has 4 aliphatic carbocycles. The van der Waals surface area contributed by atoms with Crippen LogP contribution in [0, 0.1) is 40.4 Å². The molecule has 0 amide bonds. The van der Waals surface area contributed by atoms with Gasteiger partial charge in [-0.25, -0.2) is 4.79 Å². The molecule has 7 nitrogen and oxygen atoms in total. The monoisotopic (exact) mass is 486 g/mol. The molecule has 3 N–H and O–H groups in total. The van der Waals surface area contributed by atoms with Crippen LogP contribution in [0.2, 0.25) is 0 Å². The maximum Gasteiger partial charge on any atom is 0.336 e. The minimum Gasteiger partial charge on any atom is -0.458 e. The SMILES string of the molecule is CC1=C(CO)C(=O)OC(C(CO)C2CCC3C4CC5OC56CC=CC(=O)C6(C)C4CC(O)C23C)C1. The van der Waals surface area contributed by atoms with E-state index in [0.29, 0.717) is 18.4 Å². The number of esters is 1. The number of allylic oxidation sites excluding steroid dienone is 1. The third-order valence-corrected chi connectivity index (χ3v) is 11.6. The second kappa shape index (κ2) is 7.73. The first-order valence-electron chi connectivity index (χ1n) is 13.3. The molecule has 192 valence electrons. The Labute approximate surface area is 206 Å². The summed E-state index contributed by atoms with van der Waals surface area (Å²) in [4.78, 5) is 25.8. The highest BCUT2D eigenvalue weighted by Crippen LogP contribution is 2.73. The highest BCUT2D eigenvalue weighted by Gasteiger charge is 2.78. The Morgan fingerprint density at radius 1 is 1.14 bits per heavy atom. The van der Waals surface area contributed by atoms with E-state index in [1.54, 1.807) is 6.08 Å². The molecule has 4 fully saturated rings. The molecule has 0 aromatic rings. The van der Waals surface area contributed by atoms with Crippen LogP contribution >= 0.6 is 0 Å². The summed E-state index contributed by atoms with van der Waals surface area (Å²) in [6.45, 7) is 5.61. The Morgan fingerprint density at radius 2 is 1.91 bits per heavy atom. The van der Waals surface area contributed by atoms with Gasteiger partial charge in [0.2, 0.25) is 0 Å². The van der Waals surface area contributed by atoms with E-state index in [-0.39, 0.29) is 54.7 Å². The number of fused-ring (bicyclic) bond motifs is 4. The van der Waals surface area contributed by atoms with Crippen LogP contribution in [0.25, 0.3) is 0 Å². The average molecular weight is 487 g/mol. The number of rotatable bonds is 4. The Balaban J connectivity index is 1.32. The topological polar surface area (TPSA) is 117 Å². The largest absolute Gasteiger partial charge is 0.458 e. The average Bonchev–Trinajstić information content (AvgIpc) is 3.41. The van der Waals surface area contributed by atoms with E-state index in [2.05, 4.69) is 13.8 Å². The van der Waals surface area contributed by atoms with Gasteiger partial charge in [0.05, 0.1) is 29.8 Å². The van der Waals surface area contributed by atoms with Crippen molar-refractivity contribution < 1.29 is 34.4 Å². The lowest BCUT2D eigenvalue weighted by Crippen LogP contribution is -2.63. The first kappa shape index (κ1) is 23.8. The number of epoxide rings is 1. The van der Waals surface area contributed by atoms with Gasteiger partial charge in [-0.15, -0.1) is 0 Å². The van der Waals surface area contributed by atoms with Crippen molar-refractivity contribution in [3.63, 3.8) is 0 Å². The van der Waals surface area contributed by atoms with Crippen molar-refractivity contribution in [3.05, 3.63) is 23.3 Å². The van der Waals surface area contributed by atoms with Gasteiger partial charge in [0.15, 0.2) is 5.78 Å². The van der Waals surface area contributed by atoms with Crippen LogP contribution in [0.5, 0.6) is 0 Å². The minimum atomic E-state index is -0.609. The van der Waals surface area contributed by atoms with Gasteiger partial charge in [0, 0.05) is 18.9 Å². The maximum atomic E-state index is 13.3. The normalized spacial score (nSPS) is 51.2. The molecule has 0 aromatic heterocycles. The van der Waals surface area contributed by atoms with Gasteiger partial charge < -0.3 is 24.8 Å². The van der Waals surface area contributed by atoms with E-state index in [0.717, 1.165) is 31.3 Å². The summed E-state index contributed by atoms with van der Waals surface area (Å²) >= 11 is 0. The Hall–Kier alpha value is -1.54. The van der Waals surface area contributed by atoms with Crippen LogP contribution in [0.4, 0.5) is 0 Å². The van der Waals surface area contributed by atoms with Crippen molar-refractivity contribution in [2.75, 3.05) is 13.2 Å². The third kappa shape index (κ3) is 2.87. The van der Waals surface area contributed by atoms with Gasteiger partial charge in [0.25, 0.3) is 0 Å². The van der Waals surface area contributed by atoms with Crippen molar-refractivity contribution in [1.29, 1.82) is 0 Å². The Morgan fingerprint density at radius 3 is 2.60 bits per heavy atom. The highest BCUT2D eigenvalue weighted by atomic mass is 16.6. The van der Waals surface area contributed by atoms with Gasteiger partial charge in [-0.3, -0.25) is 4.79 Å². The zero-order chi connectivity index (χ0) is 24.9. The number of ether oxygens (including phenoxy) is 2. The first-order chi connectivity index (χ1) is 16.6. The number of hydrogen-bond acceptors (Lipinski definition) is 7. The molecule has 0 aromatic carbocycles. The number of cyclic esters (lactones) is 1. The quantitative estimate of drug-likeness (QED) is 0.412.